The highest BCUT2D eigenvalue weighted by atomic mass is 35.5. The Morgan fingerprint density at radius 1 is 1.19 bits per heavy atom. The zero-order valence-electron chi connectivity index (χ0n) is 12.5. The molecule has 1 aromatic carbocycles. The summed E-state index contributed by atoms with van der Waals surface area (Å²) in [5.41, 5.74) is 0.0297. The van der Waals surface area contributed by atoms with E-state index in [2.05, 4.69) is 4.90 Å². The normalized spacial score (nSPS) is 17.6. The van der Waals surface area contributed by atoms with Crippen LogP contribution >= 0.6 is 11.6 Å². The van der Waals surface area contributed by atoms with E-state index in [1.54, 1.807) is 17.9 Å². The standard InChI is InChI=1S/C15H20ClF3N2/c1-10-8-12(15(17,18)19)14(13(16)9-10)21-6-4-11(5-7-21)20(2)3/h8-9,11H,4-7H2,1-3H3. The van der Waals surface area contributed by atoms with Gasteiger partial charge in [-0.15, -0.1) is 0 Å². The molecule has 21 heavy (non-hydrogen) atoms. The maximum atomic E-state index is 13.3. The molecule has 118 valence electrons. The molecule has 2 rings (SSSR count). The van der Waals surface area contributed by atoms with Crippen LogP contribution in [-0.2, 0) is 6.18 Å². The highest BCUT2D eigenvalue weighted by Gasteiger charge is 2.37. The minimum Gasteiger partial charge on any atom is -0.370 e. The molecule has 6 heteroatoms. The lowest BCUT2D eigenvalue weighted by Gasteiger charge is -2.38. The summed E-state index contributed by atoms with van der Waals surface area (Å²) in [6.45, 7) is 2.81. The molecule has 1 fully saturated rings. The SMILES string of the molecule is Cc1cc(Cl)c(N2CCC(N(C)C)CC2)c(C(F)(F)F)c1. The van der Waals surface area contributed by atoms with Gasteiger partial charge in [-0.1, -0.05) is 11.6 Å². The van der Waals surface area contributed by atoms with Gasteiger partial charge >= 0.3 is 6.18 Å². The molecule has 0 bridgehead atoms. The number of piperidine rings is 1. The second-order valence-electron chi connectivity index (χ2n) is 5.82. The summed E-state index contributed by atoms with van der Waals surface area (Å²) in [5.74, 6) is 0. The smallest absolute Gasteiger partial charge is 0.370 e. The van der Waals surface area contributed by atoms with Crippen LogP contribution < -0.4 is 4.90 Å². The van der Waals surface area contributed by atoms with Crippen molar-refractivity contribution in [3.05, 3.63) is 28.3 Å². The lowest BCUT2D eigenvalue weighted by molar-refractivity contribution is -0.137. The van der Waals surface area contributed by atoms with Gasteiger partial charge in [-0.2, -0.15) is 13.2 Å². The molecule has 0 radical (unpaired) electrons. The van der Waals surface area contributed by atoms with Crippen molar-refractivity contribution in [2.24, 2.45) is 0 Å². The van der Waals surface area contributed by atoms with Crippen molar-refractivity contribution >= 4 is 17.3 Å². The minimum atomic E-state index is -4.39. The monoisotopic (exact) mass is 320 g/mol. The predicted octanol–water partition coefficient (Wildman–Crippen LogP) is 4.20. The Morgan fingerprint density at radius 2 is 1.76 bits per heavy atom. The fraction of sp³-hybridized carbons (Fsp3) is 0.600. The minimum absolute atomic E-state index is 0.131. The largest absolute Gasteiger partial charge is 0.418 e. The Morgan fingerprint density at radius 3 is 2.24 bits per heavy atom. The molecule has 0 spiro atoms. The number of rotatable bonds is 2. The lowest BCUT2D eigenvalue weighted by Crippen LogP contribution is -2.42. The topological polar surface area (TPSA) is 6.48 Å². The molecule has 1 aliphatic rings. The van der Waals surface area contributed by atoms with E-state index in [0.717, 1.165) is 12.8 Å². The number of aryl methyl sites for hydroxylation is 1. The third kappa shape index (κ3) is 3.64. The number of hydrogen-bond donors (Lipinski definition) is 0. The summed E-state index contributed by atoms with van der Waals surface area (Å²) in [7, 11) is 4.00. The molecule has 0 saturated carbocycles. The van der Waals surface area contributed by atoms with Gasteiger partial charge in [0.1, 0.15) is 0 Å². The average Bonchev–Trinajstić information content (AvgIpc) is 2.37. The number of benzene rings is 1. The molecule has 2 nitrogen and oxygen atoms in total. The van der Waals surface area contributed by atoms with E-state index in [1.165, 1.54) is 6.07 Å². The van der Waals surface area contributed by atoms with Gasteiger partial charge in [0.2, 0.25) is 0 Å². The van der Waals surface area contributed by atoms with Crippen LogP contribution in [0.4, 0.5) is 18.9 Å². The van der Waals surface area contributed by atoms with Crippen molar-refractivity contribution < 1.29 is 13.2 Å². The van der Waals surface area contributed by atoms with Crippen LogP contribution in [-0.4, -0.2) is 38.1 Å². The molecule has 1 heterocycles. The number of alkyl halides is 3. The second kappa shape index (κ2) is 6.05. The predicted molar refractivity (Wildman–Crippen MR) is 80.1 cm³/mol. The van der Waals surface area contributed by atoms with E-state index >= 15 is 0 Å². The van der Waals surface area contributed by atoms with Crippen LogP contribution in [0.2, 0.25) is 5.02 Å². The van der Waals surface area contributed by atoms with E-state index in [4.69, 9.17) is 11.6 Å². The van der Waals surface area contributed by atoms with Crippen molar-refractivity contribution in [1.82, 2.24) is 4.90 Å². The van der Waals surface area contributed by atoms with E-state index in [-0.39, 0.29) is 10.7 Å². The first-order valence-electron chi connectivity index (χ1n) is 6.99. The van der Waals surface area contributed by atoms with Crippen molar-refractivity contribution in [2.45, 2.75) is 32.0 Å². The Bertz CT molecular complexity index is 506. The lowest BCUT2D eigenvalue weighted by atomic mass is 10.0. The summed E-state index contributed by atoms with van der Waals surface area (Å²) in [6, 6.07) is 3.20. The third-order valence-electron chi connectivity index (χ3n) is 4.02. The fourth-order valence-electron chi connectivity index (χ4n) is 2.88. The number of nitrogens with zero attached hydrogens (tertiary/aromatic N) is 2. The van der Waals surface area contributed by atoms with E-state index in [9.17, 15) is 13.2 Å². The van der Waals surface area contributed by atoms with Gasteiger partial charge in [-0.05, 0) is 51.6 Å². The summed E-state index contributed by atoms with van der Waals surface area (Å²) in [4.78, 5) is 3.89. The van der Waals surface area contributed by atoms with Crippen molar-refractivity contribution in [3.63, 3.8) is 0 Å². The highest BCUT2D eigenvalue weighted by Crippen LogP contribution is 2.42. The first-order valence-corrected chi connectivity index (χ1v) is 7.36. The summed E-state index contributed by atoms with van der Waals surface area (Å²) >= 11 is 6.12. The molecule has 0 N–H and O–H groups in total. The maximum absolute atomic E-state index is 13.3. The molecule has 0 aliphatic carbocycles. The molecule has 0 atom stereocenters. The van der Waals surface area contributed by atoms with Crippen LogP contribution in [0.3, 0.4) is 0 Å². The fourth-order valence-corrected chi connectivity index (χ4v) is 3.27. The molecule has 0 amide bonds. The number of anilines is 1. The van der Waals surface area contributed by atoms with Gasteiger partial charge in [0.15, 0.2) is 0 Å². The van der Waals surface area contributed by atoms with Gasteiger partial charge < -0.3 is 9.80 Å². The Kier molecular flexibility index (Phi) is 4.73. The van der Waals surface area contributed by atoms with Gasteiger partial charge in [0.25, 0.3) is 0 Å². The van der Waals surface area contributed by atoms with Crippen molar-refractivity contribution in [2.75, 3.05) is 32.1 Å². The van der Waals surface area contributed by atoms with E-state index < -0.39 is 11.7 Å². The maximum Gasteiger partial charge on any atom is 0.418 e. The summed E-state index contributed by atoms with van der Waals surface area (Å²) in [6.07, 6.45) is -2.70. The van der Waals surface area contributed by atoms with E-state index in [1.807, 2.05) is 14.1 Å². The Balaban J connectivity index is 2.32. The first kappa shape index (κ1) is 16.4. The van der Waals surface area contributed by atoms with Gasteiger partial charge in [0.05, 0.1) is 16.3 Å². The number of hydrogen-bond acceptors (Lipinski definition) is 2. The number of halogens is 4. The van der Waals surface area contributed by atoms with Crippen LogP contribution in [0.25, 0.3) is 0 Å². The van der Waals surface area contributed by atoms with Gasteiger partial charge in [-0.3, -0.25) is 0 Å². The molecule has 0 unspecified atom stereocenters. The van der Waals surface area contributed by atoms with Crippen LogP contribution in [0, 0.1) is 6.92 Å². The van der Waals surface area contributed by atoms with Crippen LogP contribution in [0.15, 0.2) is 12.1 Å². The first-order chi connectivity index (χ1) is 9.70. The van der Waals surface area contributed by atoms with Crippen LogP contribution in [0.5, 0.6) is 0 Å². The van der Waals surface area contributed by atoms with Gasteiger partial charge in [0, 0.05) is 19.1 Å². The van der Waals surface area contributed by atoms with Gasteiger partial charge in [-0.25, -0.2) is 0 Å². The zero-order chi connectivity index (χ0) is 15.8. The molecule has 1 aliphatic heterocycles. The zero-order valence-corrected chi connectivity index (χ0v) is 13.2. The molecule has 1 saturated heterocycles. The summed E-state index contributed by atoms with van der Waals surface area (Å²) in [5, 5.41) is 0.186. The average molecular weight is 321 g/mol. The Hall–Kier alpha value is -0.940. The quantitative estimate of drug-likeness (QED) is 0.806. The van der Waals surface area contributed by atoms with Crippen molar-refractivity contribution in [3.8, 4) is 0 Å². The summed E-state index contributed by atoms with van der Waals surface area (Å²) < 4.78 is 39.8. The molecule has 0 aromatic heterocycles. The molecule has 1 aromatic rings. The van der Waals surface area contributed by atoms with Crippen molar-refractivity contribution in [1.29, 1.82) is 0 Å². The van der Waals surface area contributed by atoms with E-state index in [0.29, 0.717) is 24.7 Å². The van der Waals surface area contributed by atoms with Crippen LogP contribution in [0.1, 0.15) is 24.0 Å². The second-order valence-corrected chi connectivity index (χ2v) is 6.23. The highest BCUT2D eigenvalue weighted by molar-refractivity contribution is 6.33. The molecular formula is C15H20ClF3N2. The Labute approximate surface area is 128 Å². The third-order valence-corrected chi connectivity index (χ3v) is 4.31. The molecular weight excluding hydrogens is 301 g/mol.